The first-order valence-electron chi connectivity index (χ1n) is 7.51. The summed E-state index contributed by atoms with van der Waals surface area (Å²) in [5.74, 6) is 0.952. The molecule has 4 heteroatoms. The molecule has 3 nitrogen and oxygen atoms in total. The van der Waals surface area contributed by atoms with Crippen molar-refractivity contribution in [1.82, 2.24) is 0 Å². The molecule has 2 aromatic carbocycles. The molecule has 1 aliphatic heterocycles. The quantitative estimate of drug-likeness (QED) is 0.778. The second kappa shape index (κ2) is 6.84. The Morgan fingerprint density at radius 1 is 1.14 bits per heavy atom. The Balaban J connectivity index is 1.46. The largest absolute Gasteiger partial charge is 0.494 e. The Morgan fingerprint density at radius 3 is 2.73 bits per heavy atom. The first kappa shape index (κ1) is 14.9. The fourth-order valence-corrected chi connectivity index (χ4v) is 2.80. The molecular formula is C18H18ClNO2. The highest BCUT2D eigenvalue weighted by atomic mass is 35.5. The fraction of sp³-hybridized carbons (Fsp3) is 0.278. The van der Waals surface area contributed by atoms with Gasteiger partial charge in [0.15, 0.2) is 0 Å². The highest BCUT2D eigenvalue weighted by molar-refractivity contribution is 6.30. The van der Waals surface area contributed by atoms with Crippen molar-refractivity contribution in [2.45, 2.75) is 19.3 Å². The minimum Gasteiger partial charge on any atom is -0.494 e. The third kappa shape index (κ3) is 3.42. The van der Waals surface area contributed by atoms with Crippen LogP contribution in [0.25, 0.3) is 0 Å². The molecule has 0 saturated carbocycles. The summed E-state index contributed by atoms with van der Waals surface area (Å²) in [5, 5.41) is 0.690. The molecular weight excluding hydrogens is 298 g/mol. The molecule has 22 heavy (non-hydrogen) atoms. The third-order valence-electron chi connectivity index (χ3n) is 3.81. The molecule has 0 spiro atoms. The summed E-state index contributed by atoms with van der Waals surface area (Å²) in [5.41, 5.74) is 2.32. The van der Waals surface area contributed by atoms with Gasteiger partial charge in [0, 0.05) is 23.7 Å². The number of fused-ring (bicyclic) bond motifs is 1. The Morgan fingerprint density at radius 2 is 1.91 bits per heavy atom. The molecule has 0 saturated heterocycles. The van der Waals surface area contributed by atoms with Crippen LogP contribution in [-0.2, 0) is 11.2 Å². The van der Waals surface area contributed by atoms with E-state index in [2.05, 4.69) is 6.07 Å². The summed E-state index contributed by atoms with van der Waals surface area (Å²) in [6.45, 7) is 1.32. The number of halogens is 1. The fourth-order valence-electron chi connectivity index (χ4n) is 2.68. The van der Waals surface area contributed by atoms with Gasteiger partial charge in [-0.25, -0.2) is 0 Å². The zero-order valence-electron chi connectivity index (χ0n) is 12.3. The van der Waals surface area contributed by atoms with Gasteiger partial charge in [-0.2, -0.15) is 0 Å². The zero-order valence-corrected chi connectivity index (χ0v) is 13.1. The summed E-state index contributed by atoms with van der Waals surface area (Å²) in [6.07, 6.45) is 2.16. The van der Waals surface area contributed by atoms with Crippen molar-refractivity contribution in [2.75, 3.05) is 18.1 Å². The van der Waals surface area contributed by atoms with Gasteiger partial charge in [-0.15, -0.1) is 0 Å². The average molecular weight is 316 g/mol. The second-order valence-electron chi connectivity index (χ2n) is 5.33. The maximum absolute atomic E-state index is 12.3. The van der Waals surface area contributed by atoms with E-state index in [9.17, 15) is 4.79 Å². The number of benzene rings is 2. The first-order valence-corrected chi connectivity index (χ1v) is 7.88. The van der Waals surface area contributed by atoms with Crippen LogP contribution in [0.2, 0.25) is 5.02 Å². The normalized spacial score (nSPS) is 13.0. The van der Waals surface area contributed by atoms with Gasteiger partial charge in [0.2, 0.25) is 5.91 Å². The molecule has 3 rings (SSSR count). The molecule has 0 aliphatic carbocycles. The lowest BCUT2D eigenvalue weighted by Gasteiger charge is -2.17. The lowest BCUT2D eigenvalue weighted by atomic mass is 10.2. The number of hydrogen-bond acceptors (Lipinski definition) is 2. The van der Waals surface area contributed by atoms with Crippen molar-refractivity contribution in [2.24, 2.45) is 0 Å². The summed E-state index contributed by atoms with van der Waals surface area (Å²) < 4.78 is 5.61. The number of ether oxygens (including phenoxy) is 1. The van der Waals surface area contributed by atoms with Crippen molar-refractivity contribution in [3.63, 3.8) is 0 Å². The van der Waals surface area contributed by atoms with Crippen LogP contribution in [0.15, 0.2) is 48.5 Å². The Kier molecular flexibility index (Phi) is 4.64. The van der Waals surface area contributed by atoms with Gasteiger partial charge < -0.3 is 9.64 Å². The second-order valence-corrected chi connectivity index (χ2v) is 5.77. The molecule has 2 aromatic rings. The minimum atomic E-state index is 0.171. The Hall–Kier alpha value is -2.00. The molecule has 114 valence electrons. The van der Waals surface area contributed by atoms with E-state index in [0.29, 0.717) is 24.5 Å². The number of nitrogens with zero attached hydrogens (tertiary/aromatic N) is 1. The molecule has 0 bridgehead atoms. The van der Waals surface area contributed by atoms with E-state index in [4.69, 9.17) is 16.3 Å². The molecule has 0 atom stereocenters. The van der Waals surface area contributed by atoms with Crippen molar-refractivity contribution < 1.29 is 9.53 Å². The highest BCUT2D eigenvalue weighted by Gasteiger charge is 2.23. The summed E-state index contributed by atoms with van der Waals surface area (Å²) in [7, 11) is 0. The molecule has 0 aromatic heterocycles. The van der Waals surface area contributed by atoms with Crippen LogP contribution in [0, 0.1) is 0 Å². The predicted molar refractivity (Wildman–Crippen MR) is 88.7 cm³/mol. The molecule has 1 heterocycles. The minimum absolute atomic E-state index is 0.171. The zero-order chi connectivity index (χ0) is 15.4. The Labute approximate surface area is 135 Å². The monoisotopic (exact) mass is 315 g/mol. The number of amides is 1. The summed E-state index contributed by atoms with van der Waals surface area (Å²) >= 11 is 5.82. The number of para-hydroxylation sites is 1. The maximum Gasteiger partial charge on any atom is 0.227 e. The van der Waals surface area contributed by atoms with Gasteiger partial charge >= 0.3 is 0 Å². The summed E-state index contributed by atoms with van der Waals surface area (Å²) in [4.78, 5) is 14.2. The van der Waals surface area contributed by atoms with Crippen molar-refractivity contribution in [1.29, 1.82) is 0 Å². The average Bonchev–Trinajstić information content (AvgIpc) is 2.97. The molecule has 0 unspecified atom stereocenters. The lowest BCUT2D eigenvalue weighted by molar-refractivity contribution is -0.118. The van der Waals surface area contributed by atoms with Crippen LogP contribution in [0.1, 0.15) is 18.4 Å². The van der Waals surface area contributed by atoms with Gasteiger partial charge in [0.25, 0.3) is 0 Å². The van der Waals surface area contributed by atoms with Crippen molar-refractivity contribution >= 4 is 23.2 Å². The topological polar surface area (TPSA) is 29.5 Å². The van der Waals surface area contributed by atoms with Gasteiger partial charge in [0.05, 0.1) is 6.61 Å². The number of carbonyl (C=O) groups is 1. The highest BCUT2D eigenvalue weighted by Crippen LogP contribution is 2.28. The maximum atomic E-state index is 12.3. The van der Waals surface area contributed by atoms with E-state index in [0.717, 1.165) is 24.4 Å². The van der Waals surface area contributed by atoms with E-state index < -0.39 is 0 Å². The van der Waals surface area contributed by atoms with E-state index in [1.54, 1.807) is 12.1 Å². The van der Waals surface area contributed by atoms with Crippen molar-refractivity contribution in [3.05, 3.63) is 59.1 Å². The smallest absolute Gasteiger partial charge is 0.227 e. The first-order chi connectivity index (χ1) is 10.7. The van der Waals surface area contributed by atoms with Gasteiger partial charge in [-0.05, 0) is 48.7 Å². The SMILES string of the molecule is O=C(CCCOc1ccc(Cl)cc1)N1CCc2ccccc21. The van der Waals surface area contributed by atoms with Crippen LogP contribution in [0.4, 0.5) is 5.69 Å². The van der Waals surface area contributed by atoms with Crippen LogP contribution in [0.3, 0.4) is 0 Å². The predicted octanol–water partition coefficient (Wildman–Crippen LogP) is 4.09. The molecule has 1 aliphatic rings. The molecule has 1 amide bonds. The van der Waals surface area contributed by atoms with E-state index in [-0.39, 0.29) is 5.91 Å². The van der Waals surface area contributed by atoms with Crippen molar-refractivity contribution in [3.8, 4) is 5.75 Å². The number of hydrogen-bond donors (Lipinski definition) is 0. The van der Waals surface area contributed by atoms with Crippen LogP contribution < -0.4 is 9.64 Å². The standard InChI is InChI=1S/C18H18ClNO2/c19-15-7-9-16(10-8-15)22-13-3-6-18(21)20-12-11-14-4-1-2-5-17(14)20/h1-2,4-5,7-10H,3,6,11-13H2. The lowest BCUT2D eigenvalue weighted by Crippen LogP contribution is -2.28. The number of rotatable bonds is 5. The van der Waals surface area contributed by atoms with E-state index in [1.165, 1.54) is 5.56 Å². The number of anilines is 1. The van der Waals surface area contributed by atoms with Gasteiger partial charge in [-0.1, -0.05) is 29.8 Å². The van der Waals surface area contributed by atoms with E-state index >= 15 is 0 Å². The van der Waals surface area contributed by atoms with Crippen LogP contribution >= 0.6 is 11.6 Å². The molecule has 0 radical (unpaired) electrons. The van der Waals surface area contributed by atoms with Gasteiger partial charge in [-0.3, -0.25) is 4.79 Å². The summed E-state index contributed by atoms with van der Waals surface area (Å²) in [6, 6.07) is 15.4. The van der Waals surface area contributed by atoms with Gasteiger partial charge in [0.1, 0.15) is 5.75 Å². The van der Waals surface area contributed by atoms with Crippen LogP contribution in [0.5, 0.6) is 5.75 Å². The Bertz CT molecular complexity index is 654. The number of carbonyl (C=O) groups excluding carboxylic acids is 1. The van der Waals surface area contributed by atoms with Crippen LogP contribution in [-0.4, -0.2) is 19.1 Å². The molecule has 0 N–H and O–H groups in total. The molecule has 0 fully saturated rings. The third-order valence-corrected chi connectivity index (χ3v) is 4.06. The van der Waals surface area contributed by atoms with E-state index in [1.807, 2.05) is 35.2 Å².